The first-order valence-electron chi connectivity index (χ1n) is 46.7. The van der Waals surface area contributed by atoms with E-state index in [1.807, 2.05) is 0 Å². The molecule has 19 heteroatoms. The highest BCUT2D eigenvalue weighted by molar-refractivity contribution is 7.47. The molecule has 0 aliphatic heterocycles. The summed E-state index contributed by atoms with van der Waals surface area (Å²) in [6, 6.07) is 0. The average Bonchev–Trinajstić information content (AvgIpc) is 0.901. The molecule has 0 spiro atoms. The third-order valence-electron chi connectivity index (χ3n) is 21.6. The maximum Gasteiger partial charge on any atom is 0.472 e. The first-order valence-corrected chi connectivity index (χ1v) is 49.7. The lowest BCUT2D eigenvalue weighted by molar-refractivity contribution is -0.161. The first-order chi connectivity index (χ1) is 53.1. The maximum atomic E-state index is 13.2. The second-order valence-corrected chi connectivity index (χ2v) is 35.5. The highest BCUT2D eigenvalue weighted by atomic mass is 31.2. The van der Waals surface area contributed by atoms with Crippen LogP contribution in [0.1, 0.15) is 490 Å². The Morgan fingerprint density at radius 2 is 0.440 bits per heavy atom. The van der Waals surface area contributed by atoms with E-state index in [1.165, 1.54) is 308 Å². The van der Waals surface area contributed by atoms with E-state index in [2.05, 4.69) is 34.6 Å². The Bertz CT molecular complexity index is 2070. The second kappa shape index (κ2) is 82.6. The molecule has 648 valence electrons. The van der Waals surface area contributed by atoms with Gasteiger partial charge in [0, 0.05) is 25.7 Å². The Kier molecular flexibility index (Phi) is 81.1. The van der Waals surface area contributed by atoms with Crippen LogP contribution in [0, 0.1) is 5.92 Å². The molecule has 0 aliphatic rings. The van der Waals surface area contributed by atoms with Gasteiger partial charge in [-0.3, -0.25) is 37.3 Å². The van der Waals surface area contributed by atoms with Crippen LogP contribution < -0.4 is 0 Å². The predicted molar refractivity (Wildman–Crippen MR) is 451 cm³/mol. The summed E-state index contributed by atoms with van der Waals surface area (Å²) in [5, 5.41) is 10.7. The number of aliphatic hydroxyl groups is 1. The van der Waals surface area contributed by atoms with Gasteiger partial charge in [0.25, 0.3) is 0 Å². The molecular weight excluding hydrogens is 1410 g/mol. The molecule has 109 heavy (non-hydrogen) atoms. The van der Waals surface area contributed by atoms with Crippen molar-refractivity contribution in [3.05, 3.63) is 0 Å². The zero-order valence-corrected chi connectivity index (χ0v) is 73.5. The van der Waals surface area contributed by atoms with Crippen molar-refractivity contribution < 1.29 is 80.2 Å². The van der Waals surface area contributed by atoms with Crippen LogP contribution in [-0.2, 0) is 65.4 Å². The van der Waals surface area contributed by atoms with E-state index in [0.29, 0.717) is 25.7 Å². The number of phosphoric ester groups is 2. The van der Waals surface area contributed by atoms with Gasteiger partial charge in [-0.25, -0.2) is 9.13 Å². The fourth-order valence-corrected chi connectivity index (χ4v) is 15.7. The third kappa shape index (κ3) is 82.4. The quantitative estimate of drug-likeness (QED) is 0.0222. The molecule has 0 aromatic carbocycles. The highest BCUT2D eigenvalue weighted by Crippen LogP contribution is 2.45. The summed E-state index contributed by atoms with van der Waals surface area (Å²) in [4.78, 5) is 73.4. The zero-order chi connectivity index (χ0) is 79.7. The van der Waals surface area contributed by atoms with Gasteiger partial charge in [0.05, 0.1) is 26.4 Å². The third-order valence-corrected chi connectivity index (χ3v) is 23.5. The number of ether oxygens (including phenoxy) is 4. The molecule has 0 radical (unpaired) electrons. The van der Waals surface area contributed by atoms with Crippen molar-refractivity contribution >= 4 is 39.5 Å². The summed E-state index contributed by atoms with van der Waals surface area (Å²) < 4.78 is 69.0. The highest BCUT2D eigenvalue weighted by Gasteiger charge is 2.31. The van der Waals surface area contributed by atoms with Crippen LogP contribution in [-0.4, -0.2) is 96.7 Å². The summed E-state index contributed by atoms with van der Waals surface area (Å²) in [6.45, 7) is 7.35. The predicted octanol–water partition coefficient (Wildman–Crippen LogP) is 27.9. The normalized spacial score (nSPS) is 13.9. The number of hydrogen-bond donors (Lipinski definition) is 3. The molecule has 0 rings (SSSR count). The number of carbonyl (C=O) groups is 4. The molecule has 0 saturated heterocycles. The average molecular weight is 1590 g/mol. The Morgan fingerprint density at radius 3 is 0.651 bits per heavy atom. The van der Waals surface area contributed by atoms with Crippen LogP contribution in [0.25, 0.3) is 0 Å². The van der Waals surface area contributed by atoms with Gasteiger partial charge in [-0.15, -0.1) is 0 Å². The van der Waals surface area contributed by atoms with Crippen molar-refractivity contribution in [2.24, 2.45) is 5.92 Å². The van der Waals surface area contributed by atoms with Crippen LogP contribution in [0.5, 0.6) is 0 Å². The number of aliphatic hydroxyl groups excluding tert-OH is 1. The molecule has 0 fully saturated rings. The van der Waals surface area contributed by atoms with Crippen LogP contribution in [0.4, 0.5) is 0 Å². The van der Waals surface area contributed by atoms with Crippen molar-refractivity contribution in [2.75, 3.05) is 39.6 Å². The largest absolute Gasteiger partial charge is 0.472 e. The van der Waals surface area contributed by atoms with E-state index >= 15 is 0 Å². The Morgan fingerprint density at radius 1 is 0.257 bits per heavy atom. The summed E-state index contributed by atoms with van der Waals surface area (Å²) in [5.41, 5.74) is 0. The summed E-state index contributed by atoms with van der Waals surface area (Å²) in [7, 11) is -9.93. The van der Waals surface area contributed by atoms with Gasteiger partial charge in [0.2, 0.25) is 0 Å². The van der Waals surface area contributed by atoms with E-state index < -0.39 is 97.5 Å². The lowest BCUT2D eigenvalue weighted by Gasteiger charge is -2.21. The number of esters is 4. The second-order valence-electron chi connectivity index (χ2n) is 32.6. The maximum absolute atomic E-state index is 13.2. The van der Waals surface area contributed by atoms with Crippen LogP contribution in [0.3, 0.4) is 0 Å². The van der Waals surface area contributed by atoms with E-state index in [-0.39, 0.29) is 25.7 Å². The molecule has 0 aromatic rings. The number of phosphoric acid groups is 2. The SMILES string of the molecule is CCCCCCCCCCCCCCCCCCCCCCC(=O)OC[C@H](COP(=O)(O)OC[C@@H](O)COP(=O)(O)OC[C@@H](COC(=O)CCCCCCCCC(C)CC)OC(=O)CCCCCCCCCCCCCCCCCCCCC)OC(=O)CCCCCCCCCCCCCCCCCCCCCC. The van der Waals surface area contributed by atoms with Gasteiger partial charge in [0.1, 0.15) is 19.3 Å². The molecule has 0 aromatic heterocycles. The van der Waals surface area contributed by atoms with Crippen molar-refractivity contribution in [2.45, 2.75) is 509 Å². The minimum Gasteiger partial charge on any atom is -0.462 e. The standard InChI is InChI=1S/C90H176O17P2/c1-6-10-13-16-19-22-25-28-31-34-37-40-42-45-48-51-54-57-63-68-73-87(92)100-79-85(106-89(94)75-70-65-59-56-53-50-47-44-41-38-35-32-29-26-23-20-17-14-11-7-2)81-104-108(96,97)102-77-84(91)78-103-109(98,99)105-82-86(80-101-88(93)74-69-64-61-60-62-67-72-83(5)9-4)107-90(95)76-71-66-58-55-52-49-46-43-39-36-33-30-27-24-21-18-15-12-8-3/h83-86,91H,6-82H2,1-5H3,(H,96,97)(H,98,99)/t83?,84-,85-,86-/m1/s1. The van der Waals surface area contributed by atoms with Gasteiger partial charge in [-0.05, 0) is 31.6 Å². The van der Waals surface area contributed by atoms with E-state index in [4.69, 9.17) is 37.0 Å². The molecule has 0 saturated carbocycles. The molecule has 3 N–H and O–H groups in total. The molecule has 6 atom stereocenters. The van der Waals surface area contributed by atoms with Gasteiger partial charge in [-0.1, -0.05) is 439 Å². The molecular formula is C90H176O17P2. The number of carbonyl (C=O) groups excluding carboxylic acids is 4. The number of hydrogen-bond acceptors (Lipinski definition) is 15. The Balaban J connectivity index is 5.22. The van der Waals surface area contributed by atoms with Crippen LogP contribution in [0.2, 0.25) is 0 Å². The molecule has 17 nitrogen and oxygen atoms in total. The lowest BCUT2D eigenvalue weighted by atomic mass is 10.00. The smallest absolute Gasteiger partial charge is 0.462 e. The number of unbranched alkanes of at least 4 members (excludes halogenated alkanes) is 61. The molecule has 0 heterocycles. The first kappa shape index (κ1) is 107. The van der Waals surface area contributed by atoms with Crippen molar-refractivity contribution in [1.29, 1.82) is 0 Å². The summed E-state index contributed by atoms with van der Waals surface area (Å²) >= 11 is 0. The van der Waals surface area contributed by atoms with Crippen LogP contribution in [0.15, 0.2) is 0 Å². The fraction of sp³-hybridized carbons (Fsp3) is 0.956. The fourth-order valence-electron chi connectivity index (χ4n) is 14.1. The van der Waals surface area contributed by atoms with Crippen molar-refractivity contribution in [3.63, 3.8) is 0 Å². The minimum atomic E-state index is -4.97. The molecule has 0 bridgehead atoms. The van der Waals surface area contributed by atoms with Crippen molar-refractivity contribution in [1.82, 2.24) is 0 Å². The van der Waals surface area contributed by atoms with Gasteiger partial charge in [-0.2, -0.15) is 0 Å². The van der Waals surface area contributed by atoms with Gasteiger partial charge >= 0.3 is 39.5 Å². The molecule has 0 amide bonds. The summed E-state index contributed by atoms with van der Waals surface area (Å²) in [5.74, 6) is -1.37. The van der Waals surface area contributed by atoms with Crippen molar-refractivity contribution in [3.8, 4) is 0 Å². The monoisotopic (exact) mass is 1590 g/mol. The topological polar surface area (TPSA) is 237 Å². The van der Waals surface area contributed by atoms with E-state index in [0.717, 1.165) is 102 Å². The lowest BCUT2D eigenvalue weighted by Crippen LogP contribution is -2.30. The molecule has 3 unspecified atom stereocenters. The summed E-state index contributed by atoms with van der Waals surface area (Å²) in [6.07, 6.45) is 78.0. The number of rotatable bonds is 90. The Labute approximate surface area is 670 Å². The van der Waals surface area contributed by atoms with Gasteiger partial charge < -0.3 is 33.8 Å². The van der Waals surface area contributed by atoms with Gasteiger partial charge in [0.15, 0.2) is 12.2 Å². The molecule has 0 aliphatic carbocycles. The minimum absolute atomic E-state index is 0.108. The Hall–Kier alpha value is -1.94. The van der Waals surface area contributed by atoms with Crippen LogP contribution >= 0.6 is 15.6 Å². The zero-order valence-electron chi connectivity index (χ0n) is 71.7. The van der Waals surface area contributed by atoms with E-state index in [9.17, 15) is 43.2 Å². The van der Waals surface area contributed by atoms with E-state index in [1.54, 1.807) is 0 Å².